The maximum Gasteiger partial charge on any atom is 0.263 e. The molecule has 8 nitrogen and oxygen atoms in total. The normalized spacial score (nSPS) is 20.4. The zero-order chi connectivity index (χ0) is 20.7. The van der Waals surface area contributed by atoms with E-state index in [1.165, 1.54) is 9.91 Å². The van der Waals surface area contributed by atoms with Gasteiger partial charge in [-0.3, -0.25) is 19.4 Å². The molecule has 9 heteroatoms. The third kappa shape index (κ3) is 3.36. The van der Waals surface area contributed by atoms with E-state index in [0.29, 0.717) is 16.4 Å². The van der Waals surface area contributed by atoms with E-state index in [1.807, 2.05) is 32.0 Å². The first kappa shape index (κ1) is 19.1. The summed E-state index contributed by atoms with van der Waals surface area (Å²) in [6, 6.07) is 10.3. The minimum absolute atomic E-state index is 0.201. The van der Waals surface area contributed by atoms with Crippen LogP contribution in [0, 0.1) is 13.8 Å². The molecule has 1 fully saturated rings. The predicted molar refractivity (Wildman–Crippen MR) is 108 cm³/mol. The lowest BCUT2D eigenvalue weighted by Gasteiger charge is -2.22. The summed E-state index contributed by atoms with van der Waals surface area (Å²) >= 11 is 5.84. The van der Waals surface area contributed by atoms with Gasteiger partial charge in [0.2, 0.25) is 5.91 Å². The maximum absolute atomic E-state index is 13.1. The number of hydrogen-bond acceptors (Lipinski definition) is 6. The molecule has 0 spiro atoms. The molecule has 2 aliphatic heterocycles. The first-order valence-electron chi connectivity index (χ1n) is 9.03. The van der Waals surface area contributed by atoms with Crippen molar-refractivity contribution < 1.29 is 14.4 Å². The van der Waals surface area contributed by atoms with Crippen LogP contribution in [0.3, 0.4) is 0 Å². The lowest BCUT2D eigenvalue weighted by molar-refractivity contribution is -0.123. The Hall–Kier alpha value is -3.26. The number of nitrogens with zero attached hydrogens (tertiary/aromatic N) is 4. The zero-order valence-corrected chi connectivity index (χ0v) is 16.6. The second kappa shape index (κ2) is 7.29. The average molecular weight is 412 g/mol. The molecule has 0 saturated carbocycles. The van der Waals surface area contributed by atoms with Gasteiger partial charge < -0.3 is 5.32 Å². The monoisotopic (exact) mass is 411 g/mol. The molecule has 3 amide bonds. The Morgan fingerprint density at radius 3 is 2.38 bits per heavy atom. The van der Waals surface area contributed by atoms with Crippen LogP contribution in [-0.4, -0.2) is 41.4 Å². The summed E-state index contributed by atoms with van der Waals surface area (Å²) in [6.07, 6.45) is 0. The van der Waals surface area contributed by atoms with Crippen LogP contribution in [0.25, 0.3) is 0 Å². The van der Waals surface area contributed by atoms with Crippen LogP contribution in [0.5, 0.6) is 0 Å². The highest BCUT2D eigenvalue weighted by Gasteiger charge is 2.55. The van der Waals surface area contributed by atoms with E-state index in [-0.39, 0.29) is 12.5 Å². The largest absolute Gasteiger partial charge is 0.324 e. The van der Waals surface area contributed by atoms with Gasteiger partial charge in [0.15, 0.2) is 12.1 Å². The van der Waals surface area contributed by atoms with Crippen molar-refractivity contribution in [1.29, 1.82) is 0 Å². The Morgan fingerprint density at radius 2 is 1.72 bits per heavy atom. The molecule has 29 heavy (non-hydrogen) atoms. The fourth-order valence-corrected chi connectivity index (χ4v) is 3.74. The number of hydrogen-bond donors (Lipinski definition) is 1. The molecule has 2 aliphatic rings. The Morgan fingerprint density at radius 1 is 1.07 bits per heavy atom. The lowest BCUT2D eigenvalue weighted by Crippen LogP contribution is -2.43. The van der Waals surface area contributed by atoms with E-state index in [2.05, 4.69) is 15.7 Å². The smallest absolute Gasteiger partial charge is 0.263 e. The fraction of sp³-hybridized carbons (Fsp3) is 0.250. The number of nitrogens with one attached hydrogen (secondary N) is 1. The van der Waals surface area contributed by atoms with E-state index < -0.39 is 23.9 Å². The highest BCUT2D eigenvalue weighted by atomic mass is 35.5. The van der Waals surface area contributed by atoms with Crippen LogP contribution in [0.1, 0.15) is 11.1 Å². The highest BCUT2D eigenvalue weighted by molar-refractivity contribution is 6.30. The third-order valence-electron chi connectivity index (χ3n) is 4.95. The van der Waals surface area contributed by atoms with Crippen LogP contribution >= 0.6 is 11.6 Å². The molecule has 1 N–H and O–H groups in total. The minimum atomic E-state index is -0.940. The molecule has 2 unspecified atom stereocenters. The fourth-order valence-electron chi connectivity index (χ4n) is 3.61. The van der Waals surface area contributed by atoms with Crippen LogP contribution in [0.2, 0.25) is 5.02 Å². The summed E-state index contributed by atoms with van der Waals surface area (Å²) in [7, 11) is 0. The van der Waals surface area contributed by atoms with Crippen molar-refractivity contribution in [2.24, 2.45) is 10.3 Å². The van der Waals surface area contributed by atoms with E-state index >= 15 is 0 Å². The number of rotatable bonds is 4. The van der Waals surface area contributed by atoms with Crippen molar-refractivity contribution in [2.45, 2.75) is 25.9 Å². The summed E-state index contributed by atoms with van der Waals surface area (Å²) < 4.78 is 0. The predicted octanol–water partition coefficient (Wildman–Crippen LogP) is 2.89. The van der Waals surface area contributed by atoms with Crippen LogP contribution in [0.15, 0.2) is 52.8 Å². The van der Waals surface area contributed by atoms with E-state index in [4.69, 9.17) is 11.6 Å². The molecule has 1 saturated heterocycles. The van der Waals surface area contributed by atoms with Gasteiger partial charge in [-0.1, -0.05) is 35.0 Å². The first-order valence-corrected chi connectivity index (χ1v) is 9.41. The van der Waals surface area contributed by atoms with Gasteiger partial charge in [-0.15, -0.1) is 0 Å². The van der Waals surface area contributed by atoms with Gasteiger partial charge in [-0.2, -0.15) is 5.11 Å². The second-order valence-electron chi connectivity index (χ2n) is 7.00. The number of carbonyl (C=O) groups is 3. The number of para-hydroxylation sites is 1. The van der Waals surface area contributed by atoms with E-state index in [0.717, 1.165) is 11.1 Å². The second-order valence-corrected chi connectivity index (χ2v) is 7.44. The standard InChI is InChI=1S/C20H18ClN5O3/c1-11-4-3-5-12(2)17(11)26-19(28)16-18(20(26)29)25(24-23-16)10-15(27)22-14-8-6-13(21)7-9-14/h3-9,16,18H,10H2,1-2H3,(H,22,27). The number of benzene rings is 2. The summed E-state index contributed by atoms with van der Waals surface area (Å²) in [6.45, 7) is 3.48. The number of aryl methyl sites for hydroxylation is 2. The van der Waals surface area contributed by atoms with Crippen LogP contribution in [0.4, 0.5) is 11.4 Å². The zero-order valence-electron chi connectivity index (χ0n) is 15.8. The number of halogens is 1. The van der Waals surface area contributed by atoms with Gasteiger partial charge >= 0.3 is 0 Å². The molecule has 0 aromatic heterocycles. The topological polar surface area (TPSA) is 94.4 Å². The number of anilines is 2. The van der Waals surface area contributed by atoms with Crippen molar-refractivity contribution in [3.63, 3.8) is 0 Å². The molecule has 0 radical (unpaired) electrons. The van der Waals surface area contributed by atoms with E-state index in [9.17, 15) is 14.4 Å². The summed E-state index contributed by atoms with van der Waals surface area (Å²) in [5, 5.41) is 12.4. The van der Waals surface area contributed by atoms with Crippen LogP contribution in [-0.2, 0) is 14.4 Å². The summed E-state index contributed by atoms with van der Waals surface area (Å²) in [5.74, 6) is -1.24. The van der Waals surface area contributed by atoms with Gasteiger partial charge in [0.25, 0.3) is 11.8 Å². The molecule has 2 heterocycles. The molecule has 2 atom stereocenters. The van der Waals surface area contributed by atoms with Crippen molar-refractivity contribution >= 4 is 40.7 Å². The van der Waals surface area contributed by atoms with Crippen LogP contribution < -0.4 is 10.2 Å². The van der Waals surface area contributed by atoms with E-state index in [1.54, 1.807) is 24.3 Å². The molecule has 0 bridgehead atoms. The average Bonchev–Trinajstić information content (AvgIpc) is 3.18. The maximum atomic E-state index is 13.1. The quantitative estimate of drug-likeness (QED) is 0.782. The molecule has 4 rings (SSSR count). The SMILES string of the molecule is Cc1cccc(C)c1N1C(=O)C2N=NN(CC(=O)Nc3ccc(Cl)cc3)C2C1=O. The van der Waals surface area contributed by atoms with Gasteiger partial charge in [-0.25, -0.2) is 4.90 Å². The molecular formula is C20H18ClN5O3. The highest BCUT2D eigenvalue weighted by Crippen LogP contribution is 2.35. The Kier molecular flexibility index (Phi) is 4.79. The number of imide groups is 1. The molecule has 0 aliphatic carbocycles. The molecule has 148 valence electrons. The first-order chi connectivity index (χ1) is 13.9. The molecular weight excluding hydrogens is 394 g/mol. The van der Waals surface area contributed by atoms with Gasteiger partial charge in [0.1, 0.15) is 6.54 Å². The van der Waals surface area contributed by atoms with Gasteiger partial charge in [0.05, 0.1) is 5.69 Å². The number of amides is 3. The van der Waals surface area contributed by atoms with Crippen molar-refractivity contribution in [3.05, 3.63) is 58.6 Å². The van der Waals surface area contributed by atoms with Crippen molar-refractivity contribution in [1.82, 2.24) is 5.01 Å². The molecule has 2 aromatic carbocycles. The van der Waals surface area contributed by atoms with Gasteiger partial charge in [0, 0.05) is 10.7 Å². The Balaban J connectivity index is 1.52. The summed E-state index contributed by atoms with van der Waals surface area (Å²) in [5.41, 5.74) is 2.77. The Labute approximate surface area is 172 Å². The molecule has 2 aromatic rings. The Bertz CT molecular complexity index is 1020. The number of fused-ring (bicyclic) bond motifs is 1. The van der Waals surface area contributed by atoms with Gasteiger partial charge in [-0.05, 0) is 49.2 Å². The summed E-state index contributed by atoms with van der Waals surface area (Å²) in [4.78, 5) is 39.5. The third-order valence-corrected chi connectivity index (χ3v) is 5.21. The van der Waals surface area contributed by atoms with Crippen molar-refractivity contribution in [3.8, 4) is 0 Å². The van der Waals surface area contributed by atoms with Crippen molar-refractivity contribution in [2.75, 3.05) is 16.8 Å². The number of carbonyl (C=O) groups excluding carboxylic acids is 3. The lowest BCUT2D eigenvalue weighted by atomic mass is 10.1. The minimum Gasteiger partial charge on any atom is -0.324 e.